The Balaban J connectivity index is 2.20. The third-order valence-electron chi connectivity index (χ3n) is 2.88. The number of nitrogens with one attached hydrogen (secondary N) is 2. The van der Waals surface area contributed by atoms with Gasteiger partial charge < -0.3 is 5.32 Å². The van der Waals surface area contributed by atoms with Crippen LogP contribution in [0.5, 0.6) is 0 Å². The SMILES string of the molecule is CCCNC(=O)c1sc(NS(=O)(=O)c2ccc(Cl)cc2)nc1C. The molecule has 1 aromatic heterocycles. The number of sulfonamides is 1. The van der Waals surface area contributed by atoms with E-state index in [4.69, 9.17) is 11.6 Å². The van der Waals surface area contributed by atoms with Crippen molar-refractivity contribution in [3.63, 3.8) is 0 Å². The van der Waals surface area contributed by atoms with Crippen molar-refractivity contribution in [2.45, 2.75) is 25.2 Å². The number of amides is 1. The maximum Gasteiger partial charge on any atom is 0.263 e. The molecule has 0 radical (unpaired) electrons. The molecule has 2 N–H and O–H groups in total. The van der Waals surface area contributed by atoms with Gasteiger partial charge in [-0.05, 0) is 37.6 Å². The number of anilines is 1. The van der Waals surface area contributed by atoms with E-state index in [0.717, 1.165) is 17.8 Å². The summed E-state index contributed by atoms with van der Waals surface area (Å²) < 4.78 is 27.0. The van der Waals surface area contributed by atoms with E-state index in [-0.39, 0.29) is 15.9 Å². The standard InChI is InChI=1S/C14H16ClN3O3S2/c1-3-8-16-13(19)12-9(2)17-14(22-12)18-23(20,21)11-6-4-10(15)5-7-11/h4-7H,3,8H2,1-2H3,(H,16,19)(H,17,18). The number of hydrogen-bond acceptors (Lipinski definition) is 5. The van der Waals surface area contributed by atoms with Crippen molar-refractivity contribution < 1.29 is 13.2 Å². The van der Waals surface area contributed by atoms with Crippen LogP contribution >= 0.6 is 22.9 Å². The molecule has 0 aliphatic carbocycles. The first-order chi connectivity index (χ1) is 10.8. The van der Waals surface area contributed by atoms with Gasteiger partial charge in [0.05, 0.1) is 10.6 Å². The molecule has 1 amide bonds. The molecule has 2 aromatic rings. The average molecular weight is 374 g/mol. The molecule has 124 valence electrons. The van der Waals surface area contributed by atoms with Crippen LogP contribution in [0, 0.1) is 6.92 Å². The van der Waals surface area contributed by atoms with Crippen LogP contribution in [0.4, 0.5) is 5.13 Å². The number of thiazole rings is 1. The number of carbonyl (C=O) groups excluding carboxylic acids is 1. The van der Waals surface area contributed by atoms with Crippen molar-refractivity contribution >= 4 is 44.0 Å². The molecule has 2 rings (SSSR count). The number of benzene rings is 1. The molecule has 0 fully saturated rings. The van der Waals surface area contributed by atoms with Crippen LogP contribution < -0.4 is 10.0 Å². The lowest BCUT2D eigenvalue weighted by molar-refractivity contribution is 0.0957. The van der Waals surface area contributed by atoms with E-state index in [9.17, 15) is 13.2 Å². The van der Waals surface area contributed by atoms with E-state index in [2.05, 4.69) is 15.0 Å². The van der Waals surface area contributed by atoms with Gasteiger partial charge in [-0.15, -0.1) is 0 Å². The van der Waals surface area contributed by atoms with Gasteiger partial charge >= 0.3 is 0 Å². The van der Waals surface area contributed by atoms with E-state index >= 15 is 0 Å². The molecule has 1 heterocycles. The lowest BCUT2D eigenvalue weighted by atomic mass is 10.3. The fourth-order valence-electron chi connectivity index (χ4n) is 1.76. The summed E-state index contributed by atoms with van der Waals surface area (Å²) in [6.45, 7) is 4.17. The van der Waals surface area contributed by atoms with Crippen LogP contribution in [-0.2, 0) is 10.0 Å². The maximum atomic E-state index is 12.3. The highest BCUT2D eigenvalue weighted by Gasteiger charge is 2.20. The highest BCUT2D eigenvalue weighted by Crippen LogP contribution is 2.25. The average Bonchev–Trinajstić information content (AvgIpc) is 2.85. The minimum absolute atomic E-state index is 0.0757. The number of aromatic nitrogens is 1. The van der Waals surface area contributed by atoms with Crippen LogP contribution in [0.15, 0.2) is 29.2 Å². The van der Waals surface area contributed by atoms with Crippen LogP contribution in [0.25, 0.3) is 0 Å². The molecule has 9 heteroatoms. The Labute approximate surface area is 143 Å². The number of rotatable bonds is 6. The van der Waals surface area contributed by atoms with Crippen molar-refractivity contribution in [1.82, 2.24) is 10.3 Å². The van der Waals surface area contributed by atoms with E-state index in [1.807, 2.05) is 6.92 Å². The molecule has 0 aliphatic rings. The molecular formula is C14H16ClN3O3S2. The molecule has 0 unspecified atom stereocenters. The second kappa shape index (κ2) is 7.29. The van der Waals surface area contributed by atoms with Gasteiger partial charge in [0.1, 0.15) is 4.88 Å². The maximum absolute atomic E-state index is 12.3. The quantitative estimate of drug-likeness (QED) is 0.814. The summed E-state index contributed by atoms with van der Waals surface area (Å²) in [7, 11) is -3.77. The van der Waals surface area contributed by atoms with E-state index in [0.29, 0.717) is 22.1 Å². The zero-order chi connectivity index (χ0) is 17.0. The van der Waals surface area contributed by atoms with E-state index in [1.165, 1.54) is 24.3 Å². The van der Waals surface area contributed by atoms with Gasteiger partial charge in [0.2, 0.25) is 0 Å². The first-order valence-electron chi connectivity index (χ1n) is 6.87. The van der Waals surface area contributed by atoms with E-state index < -0.39 is 10.0 Å². The van der Waals surface area contributed by atoms with Crippen molar-refractivity contribution in [3.05, 3.63) is 39.9 Å². The molecule has 0 saturated heterocycles. The van der Waals surface area contributed by atoms with Gasteiger partial charge in [0, 0.05) is 11.6 Å². The Morgan fingerprint density at radius 1 is 1.30 bits per heavy atom. The van der Waals surface area contributed by atoms with E-state index in [1.54, 1.807) is 6.92 Å². The second-order valence-electron chi connectivity index (χ2n) is 4.75. The topological polar surface area (TPSA) is 88.2 Å². The number of nitrogens with zero attached hydrogens (tertiary/aromatic N) is 1. The van der Waals surface area contributed by atoms with Crippen LogP contribution in [0.1, 0.15) is 28.7 Å². The van der Waals surface area contributed by atoms with Gasteiger partial charge in [0.25, 0.3) is 15.9 Å². The van der Waals surface area contributed by atoms with Crippen molar-refractivity contribution in [1.29, 1.82) is 0 Å². The van der Waals surface area contributed by atoms with Gasteiger partial charge in [0.15, 0.2) is 5.13 Å². The molecule has 0 bridgehead atoms. The van der Waals surface area contributed by atoms with Crippen LogP contribution in [0.2, 0.25) is 5.02 Å². The third kappa shape index (κ3) is 4.43. The van der Waals surface area contributed by atoms with Crippen LogP contribution in [0.3, 0.4) is 0 Å². The van der Waals surface area contributed by atoms with Crippen molar-refractivity contribution in [2.24, 2.45) is 0 Å². The molecule has 0 atom stereocenters. The Morgan fingerprint density at radius 3 is 2.57 bits per heavy atom. The third-order valence-corrected chi connectivity index (χ3v) is 5.69. The van der Waals surface area contributed by atoms with Gasteiger partial charge in [-0.1, -0.05) is 29.9 Å². The molecule has 0 aliphatic heterocycles. The fraction of sp³-hybridized carbons (Fsp3) is 0.286. The summed E-state index contributed by atoms with van der Waals surface area (Å²) in [5.41, 5.74) is 0.484. The number of halogens is 1. The van der Waals surface area contributed by atoms with Crippen molar-refractivity contribution in [3.8, 4) is 0 Å². The largest absolute Gasteiger partial charge is 0.351 e. The monoisotopic (exact) mass is 373 g/mol. The predicted molar refractivity (Wildman–Crippen MR) is 91.7 cm³/mol. The molecular weight excluding hydrogens is 358 g/mol. The first kappa shape index (κ1) is 17.7. The van der Waals surface area contributed by atoms with Gasteiger partial charge in [-0.2, -0.15) is 0 Å². The Morgan fingerprint density at radius 2 is 1.96 bits per heavy atom. The first-order valence-corrected chi connectivity index (χ1v) is 9.55. The Bertz CT molecular complexity index is 801. The summed E-state index contributed by atoms with van der Waals surface area (Å²) in [4.78, 5) is 16.6. The summed E-state index contributed by atoms with van der Waals surface area (Å²) in [6, 6.07) is 5.79. The molecule has 23 heavy (non-hydrogen) atoms. The predicted octanol–water partition coefficient (Wildman–Crippen LogP) is 3.05. The summed E-state index contributed by atoms with van der Waals surface area (Å²) in [5, 5.41) is 3.34. The number of hydrogen-bond donors (Lipinski definition) is 2. The number of aryl methyl sites for hydroxylation is 1. The van der Waals surface area contributed by atoms with Gasteiger partial charge in [-0.25, -0.2) is 13.4 Å². The summed E-state index contributed by atoms with van der Waals surface area (Å²) in [6.07, 6.45) is 0.819. The molecule has 0 spiro atoms. The molecule has 1 aromatic carbocycles. The second-order valence-corrected chi connectivity index (χ2v) is 7.87. The normalized spacial score (nSPS) is 11.3. The minimum Gasteiger partial charge on any atom is -0.351 e. The molecule has 6 nitrogen and oxygen atoms in total. The highest BCUT2D eigenvalue weighted by atomic mass is 35.5. The summed E-state index contributed by atoms with van der Waals surface area (Å²) in [5.74, 6) is -0.251. The van der Waals surface area contributed by atoms with Crippen LogP contribution in [-0.4, -0.2) is 25.9 Å². The molecule has 0 saturated carbocycles. The Kier molecular flexibility index (Phi) is 5.61. The highest BCUT2D eigenvalue weighted by molar-refractivity contribution is 7.93. The van der Waals surface area contributed by atoms with Crippen molar-refractivity contribution in [2.75, 3.05) is 11.3 Å². The Hall–Kier alpha value is -1.64. The fourth-order valence-corrected chi connectivity index (χ4v) is 4.00. The zero-order valence-corrected chi connectivity index (χ0v) is 15.0. The minimum atomic E-state index is -3.77. The number of carbonyl (C=O) groups is 1. The zero-order valence-electron chi connectivity index (χ0n) is 12.6. The summed E-state index contributed by atoms with van der Waals surface area (Å²) >= 11 is 6.76. The lowest BCUT2D eigenvalue weighted by Crippen LogP contribution is -2.23. The van der Waals surface area contributed by atoms with Gasteiger partial charge in [-0.3, -0.25) is 9.52 Å². The lowest BCUT2D eigenvalue weighted by Gasteiger charge is -2.04. The smallest absolute Gasteiger partial charge is 0.263 e.